The highest BCUT2D eigenvalue weighted by atomic mass is 28.4. The van der Waals surface area contributed by atoms with Crippen LogP contribution in [-0.4, -0.2) is 39.2 Å². The molecular formula is C9H22O4Si. The lowest BCUT2D eigenvalue weighted by Gasteiger charge is -2.33. The molecule has 0 rings (SSSR count). The van der Waals surface area contributed by atoms with Crippen molar-refractivity contribution in [2.45, 2.75) is 39.5 Å². The number of hydrogen-bond donors (Lipinski definition) is 1. The van der Waals surface area contributed by atoms with Gasteiger partial charge in [0.2, 0.25) is 0 Å². The number of hydrogen-bond acceptors (Lipinski definition) is 4. The quantitative estimate of drug-likeness (QED) is 0.524. The second-order valence-electron chi connectivity index (χ2n) is 4.00. The Hall–Kier alpha value is 0.0569. The third kappa shape index (κ3) is 6.50. The molecule has 86 valence electrons. The van der Waals surface area contributed by atoms with Crippen LogP contribution in [0.1, 0.15) is 13.8 Å². The summed E-state index contributed by atoms with van der Waals surface area (Å²) in [5, 5.41) is 9.94. The van der Waals surface area contributed by atoms with Crippen LogP contribution >= 0.6 is 0 Å². The van der Waals surface area contributed by atoms with Gasteiger partial charge in [-0.3, -0.25) is 0 Å². The highest BCUT2D eigenvalue weighted by Gasteiger charge is 2.35. The van der Waals surface area contributed by atoms with E-state index < -0.39 is 14.3 Å². The Morgan fingerprint density at radius 2 is 1.71 bits per heavy atom. The highest BCUT2D eigenvalue weighted by molar-refractivity contribution is 6.69. The lowest BCUT2D eigenvalue weighted by Crippen LogP contribution is -2.48. The Morgan fingerprint density at radius 3 is 2.07 bits per heavy atom. The van der Waals surface area contributed by atoms with Crippen LogP contribution in [0.3, 0.4) is 0 Å². The van der Waals surface area contributed by atoms with Crippen LogP contribution in [0.2, 0.25) is 19.6 Å². The number of aliphatic hydroxyl groups is 1. The van der Waals surface area contributed by atoms with Gasteiger partial charge in [0.1, 0.15) is 6.61 Å². The van der Waals surface area contributed by atoms with Crippen LogP contribution in [0.25, 0.3) is 0 Å². The molecule has 0 aliphatic rings. The normalized spacial score (nSPS) is 16.7. The smallest absolute Gasteiger partial charge is 0.295 e. The van der Waals surface area contributed by atoms with E-state index in [1.807, 2.05) is 33.5 Å². The predicted octanol–water partition coefficient (Wildman–Crippen LogP) is 1.56. The molecule has 0 saturated carbocycles. The van der Waals surface area contributed by atoms with E-state index in [9.17, 15) is 5.11 Å². The maximum absolute atomic E-state index is 9.94. The monoisotopic (exact) mass is 222 g/mol. The first kappa shape index (κ1) is 14.1. The van der Waals surface area contributed by atoms with Crippen molar-refractivity contribution in [1.29, 1.82) is 0 Å². The van der Waals surface area contributed by atoms with E-state index in [2.05, 4.69) is 0 Å². The molecule has 5 heteroatoms. The maximum Gasteiger partial charge on any atom is 0.295 e. The summed E-state index contributed by atoms with van der Waals surface area (Å²) in [6, 6.07) is 0. The molecule has 0 fully saturated rings. The Morgan fingerprint density at radius 1 is 1.14 bits per heavy atom. The molecule has 1 unspecified atom stereocenters. The van der Waals surface area contributed by atoms with Crippen LogP contribution in [0.4, 0.5) is 0 Å². The van der Waals surface area contributed by atoms with Gasteiger partial charge in [-0.15, -0.1) is 0 Å². The van der Waals surface area contributed by atoms with E-state index in [0.29, 0.717) is 13.2 Å². The fourth-order valence-electron chi connectivity index (χ4n) is 1.04. The minimum atomic E-state index is -1.83. The van der Waals surface area contributed by atoms with E-state index in [-0.39, 0.29) is 6.61 Å². The molecule has 1 N–H and O–H groups in total. The van der Waals surface area contributed by atoms with Crippen LogP contribution < -0.4 is 0 Å². The average molecular weight is 222 g/mol. The van der Waals surface area contributed by atoms with Gasteiger partial charge in [-0.1, -0.05) is 0 Å². The van der Waals surface area contributed by atoms with Gasteiger partial charge in [0.25, 0.3) is 5.97 Å². The van der Waals surface area contributed by atoms with Crippen molar-refractivity contribution in [1.82, 2.24) is 0 Å². The molecule has 14 heavy (non-hydrogen) atoms. The molecule has 0 amide bonds. The fraction of sp³-hybridized carbons (Fsp3) is 1.00. The minimum Gasteiger partial charge on any atom is -0.373 e. The summed E-state index contributed by atoms with van der Waals surface area (Å²) in [6.45, 7) is 10.6. The summed E-state index contributed by atoms with van der Waals surface area (Å²) >= 11 is 0. The predicted molar refractivity (Wildman–Crippen MR) is 57.5 cm³/mol. The van der Waals surface area contributed by atoms with Crippen molar-refractivity contribution in [3.63, 3.8) is 0 Å². The fourth-order valence-corrected chi connectivity index (χ4v) is 2.11. The molecule has 0 radical (unpaired) electrons. The summed E-state index contributed by atoms with van der Waals surface area (Å²) in [6.07, 6.45) is 0. The molecule has 0 bridgehead atoms. The molecule has 0 heterocycles. The SMILES string of the molecule is CCOCC(O)(OCC)O[Si](C)(C)C. The summed E-state index contributed by atoms with van der Waals surface area (Å²) in [5.41, 5.74) is 0. The van der Waals surface area contributed by atoms with Gasteiger partial charge in [-0.25, -0.2) is 0 Å². The van der Waals surface area contributed by atoms with Gasteiger partial charge in [-0.05, 0) is 33.5 Å². The average Bonchev–Trinajstić information content (AvgIpc) is 1.98. The van der Waals surface area contributed by atoms with Crippen molar-refractivity contribution in [2.24, 2.45) is 0 Å². The zero-order valence-corrected chi connectivity index (χ0v) is 10.8. The van der Waals surface area contributed by atoms with Crippen molar-refractivity contribution in [3.8, 4) is 0 Å². The van der Waals surface area contributed by atoms with Gasteiger partial charge in [0.15, 0.2) is 8.32 Å². The van der Waals surface area contributed by atoms with Gasteiger partial charge in [0.05, 0.1) is 0 Å². The lowest BCUT2D eigenvalue weighted by molar-refractivity contribution is -0.341. The molecule has 0 aromatic carbocycles. The van der Waals surface area contributed by atoms with E-state index in [4.69, 9.17) is 13.9 Å². The summed E-state index contributed by atoms with van der Waals surface area (Å²) in [4.78, 5) is 0. The number of rotatable bonds is 7. The Balaban J connectivity index is 4.23. The largest absolute Gasteiger partial charge is 0.373 e. The van der Waals surface area contributed by atoms with E-state index in [1.165, 1.54) is 0 Å². The molecule has 0 aliphatic heterocycles. The van der Waals surface area contributed by atoms with E-state index in [0.717, 1.165) is 0 Å². The molecule has 0 spiro atoms. The maximum atomic E-state index is 9.94. The standard InChI is InChI=1S/C9H22O4Si/c1-6-11-8-9(10,12-7-2)13-14(3,4)5/h10H,6-8H2,1-5H3. The second-order valence-corrected chi connectivity index (χ2v) is 8.43. The van der Waals surface area contributed by atoms with Crippen molar-refractivity contribution < 1.29 is 19.0 Å². The summed E-state index contributed by atoms with van der Waals surface area (Å²) in [7, 11) is -1.83. The van der Waals surface area contributed by atoms with Gasteiger partial charge < -0.3 is 19.0 Å². The number of ether oxygens (including phenoxy) is 2. The van der Waals surface area contributed by atoms with Gasteiger partial charge in [-0.2, -0.15) is 0 Å². The van der Waals surface area contributed by atoms with Gasteiger partial charge in [0, 0.05) is 13.2 Å². The van der Waals surface area contributed by atoms with Crippen LogP contribution in [0.5, 0.6) is 0 Å². The van der Waals surface area contributed by atoms with Crippen LogP contribution in [0.15, 0.2) is 0 Å². The molecular weight excluding hydrogens is 200 g/mol. The lowest BCUT2D eigenvalue weighted by atomic mass is 10.6. The molecule has 0 aliphatic carbocycles. The van der Waals surface area contributed by atoms with Crippen LogP contribution in [0, 0.1) is 0 Å². The minimum absolute atomic E-state index is 0.0572. The molecule has 1 atom stereocenters. The summed E-state index contributed by atoms with van der Waals surface area (Å²) < 4.78 is 15.8. The van der Waals surface area contributed by atoms with E-state index >= 15 is 0 Å². The van der Waals surface area contributed by atoms with Crippen molar-refractivity contribution in [3.05, 3.63) is 0 Å². The zero-order valence-electron chi connectivity index (χ0n) is 9.79. The van der Waals surface area contributed by atoms with Gasteiger partial charge >= 0.3 is 0 Å². The first-order chi connectivity index (χ1) is 6.33. The zero-order chi connectivity index (χ0) is 11.2. The first-order valence-corrected chi connectivity index (χ1v) is 8.38. The topological polar surface area (TPSA) is 47.9 Å². The molecule has 4 nitrogen and oxygen atoms in total. The molecule has 0 aromatic rings. The molecule has 0 aromatic heterocycles. The molecule has 0 saturated heterocycles. The van der Waals surface area contributed by atoms with Crippen molar-refractivity contribution >= 4 is 8.32 Å². The van der Waals surface area contributed by atoms with Crippen LogP contribution in [-0.2, 0) is 13.9 Å². The third-order valence-electron chi connectivity index (χ3n) is 1.32. The highest BCUT2D eigenvalue weighted by Crippen LogP contribution is 2.17. The Kier molecular flexibility index (Phi) is 5.85. The Labute approximate surface area is 87.3 Å². The first-order valence-electron chi connectivity index (χ1n) is 4.97. The Bertz CT molecular complexity index is 157. The van der Waals surface area contributed by atoms with Crippen molar-refractivity contribution in [2.75, 3.05) is 19.8 Å². The van der Waals surface area contributed by atoms with E-state index in [1.54, 1.807) is 0 Å². The second kappa shape index (κ2) is 5.82. The summed E-state index contributed by atoms with van der Waals surface area (Å²) in [5.74, 6) is -1.57. The third-order valence-corrected chi connectivity index (χ3v) is 2.26.